The first kappa shape index (κ1) is 37.7. The summed E-state index contributed by atoms with van der Waals surface area (Å²) in [6.07, 6.45) is 15.6. The summed E-state index contributed by atoms with van der Waals surface area (Å²) in [6, 6.07) is 24.6. The molecule has 0 unspecified atom stereocenters. The van der Waals surface area contributed by atoms with Gasteiger partial charge in [-0.05, 0) is 130 Å². The van der Waals surface area contributed by atoms with Crippen LogP contribution in [0.1, 0.15) is 76.7 Å². The average molecular weight is 687 g/mol. The summed E-state index contributed by atoms with van der Waals surface area (Å²) in [5, 5.41) is 3.13. The Morgan fingerprint density at radius 2 is 0.765 bits per heavy atom. The van der Waals surface area contributed by atoms with Crippen molar-refractivity contribution in [2.24, 2.45) is 25.0 Å². The number of fused-ring (bicyclic) bond motifs is 19. The molecule has 9 heteroatoms. The van der Waals surface area contributed by atoms with Gasteiger partial charge in [0.1, 0.15) is 0 Å². The van der Waals surface area contributed by atoms with Crippen LogP contribution in [0.3, 0.4) is 0 Å². The standard InChI is InChI=1S/C42H54N8O/c51-42-41-15-3-14-40(30-41)35-47-20-8-24-49-22-4-16-43-31-36-10-1-12-38(28-36)33-45-18-6-25-50(27-9-21-48-42)26-7-19-46-34-39-13-2-11-37(29-39)32-44-17-5-23-49/h1-3,10-15,28-35H,4-9,16-27H2,(H,48,51). The van der Waals surface area contributed by atoms with E-state index in [-0.39, 0.29) is 5.91 Å². The monoisotopic (exact) mass is 686 g/mol. The van der Waals surface area contributed by atoms with Gasteiger partial charge in [0.05, 0.1) is 0 Å². The van der Waals surface area contributed by atoms with Crippen LogP contribution in [0.2, 0.25) is 0 Å². The second-order valence-electron chi connectivity index (χ2n) is 13.2. The van der Waals surface area contributed by atoms with Crippen molar-refractivity contribution in [3.05, 3.63) is 106 Å². The number of amides is 1. The number of rotatable bonds is 0. The molecule has 6 rings (SSSR count). The molecule has 0 aromatic heterocycles. The van der Waals surface area contributed by atoms with E-state index in [9.17, 15) is 4.79 Å². The third-order valence-electron chi connectivity index (χ3n) is 8.92. The molecule has 0 radical (unpaired) electrons. The van der Waals surface area contributed by atoms with E-state index < -0.39 is 0 Å². The summed E-state index contributed by atoms with van der Waals surface area (Å²) in [5.41, 5.74) is 6.01. The highest BCUT2D eigenvalue weighted by Crippen LogP contribution is 2.07. The highest BCUT2D eigenvalue weighted by atomic mass is 16.1. The van der Waals surface area contributed by atoms with E-state index in [1.807, 2.05) is 55.3 Å². The van der Waals surface area contributed by atoms with Gasteiger partial charge in [0.2, 0.25) is 0 Å². The van der Waals surface area contributed by atoms with Crippen molar-refractivity contribution in [1.29, 1.82) is 0 Å². The molecular weight excluding hydrogens is 633 g/mol. The maximum atomic E-state index is 13.0. The lowest BCUT2D eigenvalue weighted by Gasteiger charge is -2.21. The number of nitrogens with one attached hydrogen (secondary N) is 1. The van der Waals surface area contributed by atoms with Crippen molar-refractivity contribution >= 4 is 37.0 Å². The molecule has 9 nitrogen and oxygen atoms in total. The first-order valence-electron chi connectivity index (χ1n) is 18.7. The van der Waals surface area contributed by atoms with Crippen molar-refractivity contribution in [1.82, 2.24) is 15.1 Å². The Labute approximate surface area is 304 Å². The third kappa shape index (κ3) is 14.7. The van der Waals surface area contributed by atoms with Gasteiger partial charge >= 0.3 is 0 Å². The normalized spacial score (nSPS) is 20.9. The molecule has 0 fully saturated rings. The molecule has 0 spiro atoms. The summed E-state index contributed by atoms with van der Waals surface area (Å²) >= 11 is 0. The highest BCUT2D eigenvalue weighted by molar-refractivity contribution is 5.96. The zero-order valence-corrected chi connectivity index (χ0v) is 30.1. The molecule has 0 atom stereocenters. The zero-order chi connectivity index (χ0) is 35.2. The fourth-order valence-electron chi connectivity index (χ4n) is 6.25. The van der Waals surface area contributed by atoms with Gasteiger partial charge in [0.15, 0.2) is 0 Å². The van der Waals surface area contributed by atoms with Gasteiger partial charge in [-0.3, -0.25) is 29.8 Å². The smallest absolute Gasteiger partial charge is 0.251 e. The second-order valence-corrected chi connectivity index (χ2v) is 13.2. The molecule has 0 saturated carbocycles. The first-order chi connectivity index (χ1) is 25.2. The van der Waals surface area contributed by atoms with Crippen LogP contribution in [0.4, 0.5) is 0 Å². The number of hydrogen-bond donors (Lipinski definition) is 1. The van der Waals surface area contributed by atoms with E-state index in [1.54, 1.807) is 0 Å². The largest absolute Gasteiger partial charge is 0.352 e. The second kappa shape index (κ2) is 22.3. The number of carbonyl (C=O) groups excluding carboxylic acids is 1. The number of aliphatic imine (C=N–C) groups is 5. The molecule has 8 bridgehead atoms. The fourth-order valence-corrected chi connectivity index (χ4v) is 6.25. The van der Waals surface area contributed by atoms with Gasteiger partial charge in [0.25, 0.3) is 5.91 Å². The highest BCUT2D eigenvalue weighted by Gasteiger charge is 2.09. The Hall–Kier alpha value is -4.60. The summed E-state index contributed by atoms with van der Waals surface area (Å²) in [5.74, 6) is -0.0424. The van der Waals surface area contributed by atoms with Crippen LogP contribution in [-0.2, 0) is 0 Å². The van der Waals surface area contributed by atoms with Crippen molar-refractivity contribution in [3.8, 4) is 0 Å². The van der Waals surface area contributed by atoms with E-state index in [0.717, 1.165) is 138 Å². The van der Waals surface area contributed by atoms with Crippen molar-refractivity contribution < 1.29 is 4.79 Å². The lowest BCUT2D eigenvalue weighted by molar-refractivity contribution is 0.0951. The molecule has 0 saturated heterocycles. The predicted octanol–water partition coefficient (Wildman–Crippen LogP) is 5.88. The van der Waals surface area contributed by atoms with E-state index in [2.05, 4.69) is 63.6 Å². The van der Waals surface area contributed by atoms with Gasteiger partial charge in [0, 0.05) is 75.9 Å². The molecule has 1 N–H and O–H groups in total. The zero-order valence-electron chi connectivity index (χ0n) is 30.1. The van der Waals surface area contributed by atoms with E-state index in [0.29, 0.717) is 12.1 Å². The quantitative estimate of drug-likeness (QED) is 0.320. The fraction of sp³-hybridized carbons (Fsp3) is 0.429. The number of carbonyl (C=O) groups is 1. The summed E-state index contributed by atoms with van der Waals surface area (Å²) in [4.78, 5) is 41.8. The number of benzene rings is 3. The Kier molecular flexibility index (Phi) is 16.4. The molecule has 0 aliphatic carbocycles. The van der Waals surface area contributed by atoms with E-state index in [4.69, 9.17) is 25.0 Å². The number of hydrogen-bond acceptors (Lipinski definition) is 8. The molecule has 3 aromatic rings. The topological polar surface area (TPSA) is 97.4 Å². The van der Waals surface area contributed by atoms with Crippen LogP contribution in [-0.4, -0.2) is 125 Å². The minimum atomic E-state index is -0.0424. The predicted molar refractivity (Wildman–Crippen MR) is 215 cm³/mol. The van der Waals surface area contributed by atoms with Crippen LogP contribution < -0.4 is 5.32 Å². The third-order valence-corrected chi connectivity index (χ3v) is 8.92. The summed E-state index contributed by atoms with van der Waals surface area (Å²) in [7, 11) is 0. The molecule has 3 aliphatic heterocycles. The van der Waals surface area contributed by atoms with Crippen LogP contribution in [0, 0.1) is 0 Å². The van der Waals surface area contributed by atoms with Crippen molar-refractivity contribution in [2.75, 3.05) is 78.5 Å². The van der Waals surface area contributed by atoms with Crippen LogP contribution in [0.5, 0.6) is 0 Å². The van der Waals surface area contributed by atoms with Crippen molar-refractivity contribution in [2.45, 2.75) is 38.5 Å². The Balaban J connectivity index is 1.34. The molecule has 51 heavy (non-hydrogen) atoms. The summed E-state index contributed by atoms with van der Waals surface area (Å²) in [6.45, 7) is 10.2. The lowest BCUT2D eigenvalue weighted by Crippen LogP contribution is -2.32. The van der Waals surface area contributed by atoms with E-state index in [1.165, 1.54) is 0 Å². The minimum absolute atomic E-state index is 0.0424. The molecule has 3 aliphatic rings. The van der Waals surface area contributed by atoms with E-state index >= 15 is 0 Å². The maximum Gasteiger partial charge on any atom is 0.251 e. The van der Waals surface area contributed by atoms with Crippen LogP contribution in [0.25, 0.3) is 0 Å². The Bertz CT molecular complexity index is 1570. The van der Waals surface area contributed by atoms with Crippen LogP contribution >= 0.6 is 0 Å². The maximum absolute atomic E-state index is 13.0. The lowest BCUT2D eigenvalue weighted by atomic mass is 10.1. The van der Waals surface area contributed by atoms with Crippen molar-refractivity contribution in [3.63, 3.8) is 0 Å². The average Bonchev–Trinajstić information content (AvgIpc) is 3.15. The molecule has 3 aromatic carbocycles. The van der Waals surface area contributed by atoms with Gasteiger partial charge in [-0.15, -0.1) is 0 Å². The van der Waals surface area contributed by atoms with Crippen LogP contribution in [0.15, 0.2) is 97.8 Å². The minimum Gasteiger partial charge on any atom is -0.352 e. The SMILES string of the molecule is O=C1NCCCN2CCCN=Cc3cccc(c3)C=NCCCN(CCCN=Cc3cccc(c3)C=NCCC2)CCCN=Cc2cccc1c2. The molecule has 268 valence electrons. The van der Waals surface area contributed by atoms with Gasteiger partial charge < -0.3 is 15.1 Å². The molecule has 3 heterocycles. The molecule has 1 amide bonds. The van der Waals surface area contributed by atoms with Gasteiger partial charge in [-0.25, -0.2) is 0 Å². The Morgan fingerprint density at radius 3 is 1.16 bits per heavy atom. The number of nitrogens with zero attached hydrogens (tertiary/aromatic N) is 7. The molecular formula is C42H54N8O. The van der Waals surface area contributed by atoms with Gasteiger partial charge in [-0.1, -0.05) is 48.5 Å². The Morgan fingerprint density at radius 1 is 0.431 bits per heavy atom. The van der Waals surface area contributed by atoms with Gasteiger partial charge in [-0.2, -0.15) is 0 Å². The summed E-state index contributed by atoms with van der Waals surface area (Å²) < 4.78 is 0. The first-order valence-corrected chi connectivity index (χ1v) is 18.7.